The lowest BCUT2D eigenvalue weighted by Crippen LogP contribution is -2.53. The summed E-state index contributed by atoms with van der Waals surface area (Å²) in [4.78, 5) is 36.0. The van der Waals surface area contributed by atoms with Gasteiger partial charge in [-0.15, -0.1) is 0 Å². The molecule has 3 amide bonds. The van der Waals surface area contributed by atoms with Crippen molar-refractivity contribution < 1.29 is 14.4 Å². The first kappa shape index (κ1) is 14.2. The van der Waals surface area contributed by atoms with Gasteiger partial charge < -0.3 is 4.90 Å². The first-order valence-corrected chi connectivity index (χ1v) is 5.93. The largest absolute Gasteiger partial charge is 0.330 e. The molecular weight excluding hydrogens is 232 g/mol. The van der Waals surface area contributed by atoms with Crippen LogP contribution in [0.3, 0.4) is 0 Å². The third-order valence-corrected chi connectivity index (χ3v) is 2.83. The van der Waals surface area contributed by atoms with Gasteiger partial charge in [0.25, 0.3) is 5.91 Å². The molecule has 98 valence electrons. The number of carbonyl (C=O) groups is 3. The topological polar surface area (TPSA) is 66.5 Å². The maximum atomic E-state index is 12.0. The van der Waals surface area contributed by atoms with E-state index >= 15 is 0 Å². The third-order valence-electron chi connectivity index (χ3n) is 2.83. The molecule has 0 aromatic rings. The summed E-state index contributed by atoms with van der Waals surface area (Å²) >= 11 is 0. The van der Waals surface area contributed by atoms with Crippen LogP contribution in [0.4, 0.5) is 0 Å². The van der Waals surface area contributed by atoms with Crippen LogP contribution in [0.1, 0.15) is 26.2 Å². The van der Waals surface area contributed by atoms with Crippen molar-refractivity contribution in [3.05, 3.63) is 24.3 Å². The first-order valence-electron chi connectivity index (χ1n) is 5.93. The Balaban J connectivity index is 2.69. The molecule has 0 aliphatic carbocycles. The van der Waals surface area contributed by atoms with Crippen molar-refractivity contribution in [3.63, 3.8) is 0 Å². The van der Waals surface area contributed by atoms with E-state index in [-0.39, 0.29) is 18.2 Å². The quantitative estimate of drug-likeness (QED) is 0.455. The van der Waals surface area contributed by atoms with Gasteiger partial charge in [0.1, 0.15) is 6.04 Å². The molecule has 0 aromatic heterocycles. The van der Waals surface area contributed by atoms with Crippen LogP contribution >= 0.6 is 0 Å². The Morgan fingerprint density at radius 2 is 2.22 bits per heavy atom. The molecule has 1 heterocycles. The van der Waals surface area contributed by atoms with E-state index in [1.165, 1.54) is 4.90 Å². The number of nitrogens with zero attached hydrogens (tertiary/aromatic N) is 1. The number of nitrogens with one attached hydrogen (secondary N) is 1. The van der Waals surface area contributed by atoms with Crippen molar-refractivity contribution in [1.82, 2.24) is 10.2 Å². The van der Waals surface area contributed by atoms with Crippen LogP contribution in [0.25, 0.3) is 0 Å². The molecule has 1 aliphatic heterocycles. The summed E-state index contributed by atoms with van der Waals surface area (Å²) in [6.07, 6.45) is 4.90. The number of hydrogen-bond acceptors (Lipinski definition) is 3. The van der Waals surface area contributed by atoms with Gasteiger partial charge in [-0.3, -0.25) is 19.7 Å². The average Bonchev–Trinajstić information content (AvgIpc) is 2.34. The highest BCUT2D eigenvalue weighted by Gasteiger charge is 2.32. The van der Waals surface area contributed by atoms with Crippen molar-refractivity contribution in [1.29, 1.82) is 0 Å². The normalized spacial score (nSPS) is 19.8. The number of allylic oxidation sites excluding steroid dienone is 1. The second-order valence-corrected chi connectivity index (χ2v) is 4.22. The Morgan fingerprint density at radius 1 is 1.56 bits per heavy atom. The summed E-state index contributed by atoms with van der Waals surface area (Å²) in [5.41, 5.74) is 0.337. The monoisotopic (exact) mass is 250 g/mol. The first-order chi connectivity index (χ1) is 8.47. The molecular formula is C13H18N2O3. The van der Waals surface area contributed by atoms with Crippen LogP contribution in [0, 0.1) is 0 Å². The number of rotatable bonds is 4. The Morgan fingerprint density at radius 3 is 2.78 bits per heavy atom. The summed E-state index contributed by atoms with van der Waals surface area (Å²) in [6, 6.07) is -0.595. The van der Waals surface area contributed by atoms with Gasteiger partial charge in [-0.2, -0.15) is 0 Å². The molecule has 1 atom stereocenters. The van der Waals surface area contributed by atoms with E-state index in [1.54, 1.807) is 13.1 Å². The van der Waals surface area contributed by atoms with Gasteiger partial charge in [0.15, 0.2) is 0 Å². The molecule has 5 heteroatoms. The summed E-state index contributed by atoms with van der Waals surface area (Å²) < 4.78 is 0. The minimum Gasteiger partial charge on any atom is -0.330 e. The van der Waals surface area contributed by atoms with Gasteiger partial charge in [-0.1, -0.05) is 25.7 Å². The van der Waals surface area contributed by atoms with Crippen LogP contribution in [0.5, 0.6) is 0 Å². The maximum Gasteiger partial charge on any atom is 0.253 e. The van der Waals surface area contributed by atoms with Crippen molar-refractivity contribution >= 4 is 17.7 Å². The van der Waals surface area contributed by atoms with Gasteiger partial charge in [-0.25, -0.2) is 0 Å². The lowest BCUT2D eigenvalue weighted by molar-refractivity contribution is -0.142. The predicted octanol–water partition coefficient (Wildman–Crippen LogP) is 0.772. The highest BCUT2D eigenvalue weighted by Crippen LogP contribution is 2.13. The molecule has 1 fully saturated rings. The van der Waals surface area contributed by atoms with E-state index < -0.39 is 11.9 Å². The zero-order valence-corrected chi connectivity index (χ0v) is 10.7. The molecule has 1 saturated heterocycles. The lowest BCUT2D eigenvalue weighted by atomic mass is 10.0. The van der Waals surface area contributed by atoms with Crippen molar-refractivity contribution in [3.8, 4) is 0 Å². The Kier molecular flexibility index (Phi) is 4.83. The summed E-state index contributed by atoms with van der Waals surface area (Å²) in [5.74, 6) is -1.01. The SMILES string of the molecule is C=C(C=CCC)C(=O)N(C)C1CCC(=O)NC1=O. The van der Waals surface area contributed by atoms with E-state index in [0.717, 1.165) is 6.42 Å². The third kappa shape index (κ3) is 3.29. The molecule has 0 spiro atoms. The van der Waals surface area contributed by atoms with Crippen molar-refractivity contribution in [2.75, 3.05) is 7.05 Å². The fourth-order valence-electron chi connectivity index (χ4n) is 1.75. The van der Waals surface area contributed by atoms with Gasteiger partial charge in [0, 0.05) is 19.0 Å². The van der Waals surface area contributed by atoms with Crippen LogP contribution in [-0.2, 0) is 14.4 Å². The van der Waals surface area contributed by atoms with Crippen LogP contribution < -0.4 is 5.32 Å². The van der Waals surface area contributed by atoms with E-state index in [2.05, 4.69) is 11.9 Å². The van der Waals surface area contributed by atoms with Crippen LogP contribution in [0.2, 0.25) is 0 Å². The molecule has 1 rings (SSSR count). The summed E-state index contributed by atoms with van der Waals surface area (Å²) in [6.45, 7) is 5.63. The molecule has 0 radical (unpaired) electrons. The van der Waals surface area contributed by atoms with Gasteiger partial charge in [-0.05, 0) is 12.8 Å². The van der Waals surface area contributed by atoms with Crippen molar-refractivity contribution in [2.45, 2.75) is 32.2 Å². The Hall–Kier alpha value is -1.91. The van der Waals surface area contributed by atoms with Gasteiger partial charge >= 0.3 is 0 Å². The predicted molar refractivity (Wildman–Crippen MR) is 67.5 cm³/mol. The number of likely N-dealkylation sites (N-methyl/N-ethyl adjacent to an activating group) is 1. The molecule has 1 unspecified atom stereocenters. The summed E-state index contributed by atoms with van der Waals surface area (Å²) in [7, 11) is 1.55. The number of carbonyl (C=O) groups excluding carboxylic acids is 3. The van der Waals surface area contributed by atoms with Crippen LogP contribution in [-0.4, -0.2) is 35.7 Å². The molecule has 0 bridgehead atoms. The van der Waals surface area contributed by atoms with E-state index in [9.17, 15) is 14.4 Å². The highest BCUT2D eigenvalue weighted by molar-refractivity contribution is 6.04. The van der Waals surface area contributed by atoms with Crippen molar-refractivity contribution in [2.24, 2.45) is 0 Å². The molecule has 1 aliphatic rings. The fraction of sp³-hybridized carbons (Fsp3) is 0.462. The minimum atomic E-state index is -0.595. The number of piperidine rings is 1. The van der Waals surface area contributed by atoms with Gasteiger partial charge in [0.2, 0.25) is 11.8 Å². The summed E-state index contributed by atoms with van der Waals surface area (Å²) in [5, 5.41) is 2.23. The smallest absolute Gasteiger partial charge is 0.253 e. The lowest BCUT2D eigenvalue weighted by Gasteiger charge is -2.29. The average molecular weight is 250 g/mol. The molecule has 18 heavy (non-hydrogen) atoms. The molecule has 1 N–H and O–H groups in total. The Labute approximate surface area is 107 Å². The second-order valence-electron chi connectivity index (χ2n) is 4.22. The van der Waals surface area contributed by atoms with E-state index in [0.29, 0.717) is 12.0 Å². The van der Waals surface area contributed by atoms with E-state index in [4.69, 9.17) is 0 Å². The molecule has 0 saturated carbocycles. The fourth-order valence-corrected chi connectivity index (χ4v) is 1.75. The number of hydrogen-bond donors (Lipinski definition) is 1. The molecule has 5 nitrogen and oxygen atoms in total. The number of imide groups is 1. The minimum absolute atomic E-state index is 0.255. The zero-order valence-electron chi connectivity index (χ0n) is 10.7. The van der Waals surface area contributed by atoms with Crippen LogP contribution in [0.15, 0.2) is 24.3 Å². The molecule has 0 aromatic carbocycles. The Bertz CT molecular complexity index is 412. The van der Waals surface area contributed by atoms with Gasteiger partial charge in [0.05, 0.1) is 0 Å². The maximum absolute atomic E-state index is 12.0. The second kappa shape index (κ2) is 6.14. The highest BCUT2D eigenvalue weighted by atomic mass is 16.2. The van der Waals surface area contributed by atoms with E-state index in [1.807, 2.05) is 13.0 Å². The zero-order chi connectivity index (χ0) is 13.7. The standard InChI is InChI=1S/C13H18N2O3/c1-4-5-6-9(2)13(18)15(3)10-7-8-11(16)14-12(10)17/h5-6,10H,2,4,7-8H2,1,3H3,(H,14,16,17). The number of amides is 3.